The Balaban J connectivity index is 1.66. The molecule has 0 fully saturated rings. The van der Waals surface area contributed by atoms with Crippen molar-refractivity contribution in [3.05, 3.63) is 83.0 Å². The van der Waals surface area contributed by atoms with Crippen molar-refractivity contribution in [1.82, 2.24) is 15.1 Å². The summed E-state index contributed by atoms with van der Waals surface area (Å²) in [5, 5.41) is 11.4. The molecule has 0 atom stereocenters. The minimum absolute atomic E-state index is 0.154. The van der Waals surface area contributed by atoms with Gasteiger partial charge in [-0.2, -0.15) is 0 Å². The Kier molecular flexibility index (Phi) is 5.27. The van der Waals surface area contributed by atoms with E-state index in [9.17, 15) is 4.79 Å². The summed E-state index contributed by atoms with van der Waals surface area (Å²) in [4.78, 5) is 14.1. The van der Waals surface area contributed by atoms with Gasteiger partial charge in [0.2, 0.25) is 0 Å². The first kappa shape index (κ1) is 17.6. The highest BCUT2D eigenvalue weighted by molar-refractivity contribution is 5.92. The number of anilines is 2. The minimum Gasteiger partial charge on any atom is -0.339 e. The van der Waals surface area contributed by atoms with Crippen LogP contribution < -0.4 is 5.32 Å². The van der Waals surface area contributed by atoms with E-state index in [0.29, 0.717) is 18.1 Å². The molecule has 5 nitrogen and oxygen atoms in total. The molecular formula is C21H22N4O. The van der Waals surface area contributed by atoms with E-state index in [-0.39, 0.29) is 5.91 Å². The summed E-state index contributed by atoms with van der Waals surface area (Å²) in [5.41, 5.74) is 4.79. The van der Waals surface area contributed by atoms with Crippen LogP contribution in [0.3, 0.4) is 0 Å². The molecule has 0 saturated carbocycles. The van der Waals surface area contributed by atoms with Gasteiger partial charge in [-0.25, -0.2) is 0 Å². The fraction of sp³-hybridized carbons (Fsp3) is 0.190. The van der Waals surface area contributed by atoms with Crippen LogP contribution in [-0.4, -0.2) is 28.1 Å². The van der Waals surface area contributed by atoms with Gasteiger partial charge in [0.1, 0.15) is 0 Å². The molecule has 0 aliphatic carbocycles. The van der Waals surface area contributed by atoms with Crippen molar-refractivity contribution in [2.45, 2.75) is 20.4 Å². The molecule has 2 aromatic carbocycles. The third kappa shape index (κ3) is 4.25. The van der Waals surface area contributed by atoms with Crippen molar-refractivity contribution in [1.29, 1.82) is 0 Å². The highest BCUT2D eigenvalue weighted by Gasteiger charge is 2.14. The molecule has 1 amide bonds. The molecule has 132 valence electrons. The van der Waals surface area contributed by atoms with Gasteiger partial charge < -0.3 is 10.2 Å². The predicted octanol–water partition coefficient (Wildman–Crippen LogP) is 4.11. The molecule has 0 spiro atoms. The van der Waals surface area contributed by atoms with E-state index in [1.54, 1.807) is 24.1 Å². The zero-order valence-electron chi connectivity index (χ0n) is 15.2. The predicted molar refractivity (Wildman–Crippen MR) is 103 cm³/mol. The van der Waals surface area contributed by atoms with Crippen LogP contribution in [0.4, 0.5) is 11.5 Å². The summed E-state index contributed by atoms with van der Waals surface area (Å²) in [7, 11) is 1.76. The number of aryl methyl sites for hydroxylation is 2. The molecule has 1 aromatic heterocycles. The summed E-state index contributed by atoms with van der Waals surface area (Å²) in [6.07, 6.45) is 0. The number of carbonyl (C=O) groups excluding carboxylic acids is 1. The average Bonchev–Trinajstić information content (AvgIpc) is 2.65. The second kappa shape index (κ2) is 7.78. The first-order valence-corrected chi connectivity index (χ1v) is 8.50. The molecule has 0 unspecified atom stereocenters. The van der Waals surface area contributed by atoms with E-state index in [2.05, 4.69) is 41.5 Å². The van der Waals surface area contributed by atoms with Gasteiger partial charge in [-0.1, -0.05) is 36.4 Å². The number of aromatic nitrogens is 2. The third-order valence-electron chi connectivity index (χ3n) is 4.27. The molecule has 26 heavy (non-hydrogen) atoms. The number of amides is 1. The summed E-state index contributed by atoms with van der Waals surface area (Å²) in [5.74, 6) is 0.453. The lowest BCUT2D eigenvalue weighted by atomic mass is 10.1. The van der Waals surface area contributed by atoms with Crippen LogP contribution in [0.2, 0.25) is 0 Å². The fourth-order valence-corrected chi connectivity index (χ4v) is 2.60. The molecule has 5 heteroatoms. The number of hydrogen-bond acceptors (Lipinski definition) is 4. The normalized spacial score (nSPS) is 10.4. The highest BCUT2D eigenvalue weighted by atomic mass is 16.2. The number of carbonyl (C=O) groups is 1. The Bertz CT molecular complexity index is 892. The quantitative estimate of drug-likeness (QED) is 0.755. The van der Waals surface area contributed by atoms with E-state index >= 15 is 0 Å². The Hall–Kier alpha value is -3.21. The van der Waals surface area contributed by atoms with E-state index < -0.39 is 0 Å². The molecule has 3 aromatic rings. The van der Waals surface area contributed by atoms with Crippen LogP contribution in [0.5, 0.6) is 0 Å². The van der Waals surface area contributed by atoms with E-state index in [4.69, 9.17) is 0 Å². The molecule has 1 heterocycles. The number of nitrogens with one attached hydrogen (secondary N) is 1. The second-order valence-corrected chi connectivity index (χ2v) is 6.37. The maximum Gasteiger partial charge on any atom is 0.274 e. The van der Waals surface area contributed by atoms with Gasteiger partial charge in [0.05, 0.1) is 0 Å². The van der Waals surface area contributed by atoms with Gasteiger partial charge in [-0.3, -0.25) is 4.79 Å². The van der Waals surface area contributed by atoms with Gasteiger partial charge in [-0.05, 0) is 54.8 Å². The van der Waals surface area contributed by atoms with E-state index in [1.807, 2.05) is 36.4 Å². The molecule has 0 bridgehead atoms. The summed E-state index contributed by atoms with van der Waals surface area (Å²) >= 11 is 0. The number of nitrogens with zero attached hydrogens (tertiary/aromatic N) is 3. The van der Waals surface area contributed by atoms with E-state index in [1.165, 1.54) is 11.1 Å². The smallest absolute Gasteiger partial charge is 0.274 e. The first-order chi connectivity index (χ1) is 12.5. The molecular weight excluding hydrogens is 324 g/mol. The lowest BCUT2D eigenvalue weighted by Gasteiger charge is -2.16. The van der Waals surface area contributed by atoms with E-state index in [0.717, 1.165) is 11.3 Å². The molecule has 0 radical (unpaired) electrons. The van der Waals surface area contributed by atoms with Crippen LogP contribution >= 0.6 is 0 Å². The standard InChI is InChI=1S/C21H22N4O/c1-15-9-10-18(13-16(15)2)22-20-12-11-19(23-24-20)21(26)25(3)14-17-7-5-4-6-8-17/h4-13H,14H2,1-3H3,(H,22,24). The number of benzene rings is 2. The highest BCUT2D eigenvalue weighted by Crippen LogP contribution is 2.18. The van der Waals surface area contributed by atoms with Crippen molar-refractivity contribution in [3.8, 4) is 0 Å². The molecule has 0 saturated heterocycles. The minimum atomic E-state index is -0.154. The number of rotatable bonds is 5. The SMILES string of the molecule is Cc1ccc(Nc2ccc(C(=O)N(C)Cc3ccccc3)nn2)cc1C. The van der Waals surface area contributed by atoms with Crippen molar-refractivity contribution in [3.63, 3.8) is 0 Å². The third-order valence-corrected chi connectivity index (χ3v) is 4.27. The maximum atomic E-state index is 12.5. The van der Waals surface area contributed by atoms with Gasteiger partial charge in [0.15, 0.2) is 11.5 Å². The summed E-state index contributed by atoms with van der Waals surface area (Å²) in [6, 6.07) is 19.4. The lowest BCUT2D eigenvalue weighted by molar-refractivity contribution is 0.0778. The Morgan fingerprint density at radius 3 is 2.38 bits per heavy atom. The number of hydrogen-bond donors (Lipinski definition) is 1. The Morgan fingerprint density at radius 1 is 0.962 bits per heavy atom. The maximum absolute atomic E-state index is 12.5. The zero-order valence-corrected chi connectivity index (χ0v) is 15.2. The van der Waals surface area contributed by atoms with Crippen molar-refractivity contribution < 1.29 is 4.79 Å². The van der Waals surface area contributed by atoms with Gasteiger partial charge in [0.25, 0.3) is 5.91 Å². The lowest BCUT2D eigenvalue weighted by Crippen LogP contribution is -2.27. The molecule has 0 aliphatic rings. The second-order valence-electron chi connectivity index (χ2n) is 6.37. The van der Waals surface area contributed by atoms with Gasteiger partial charge >= 0.3 is 0 Å². The topological polar surface area (TPSA) is 58.1 Å². The Labute approximate surface area is 153 Å². The van der Waals surface area contributed by atoms with Crippen LogP contribution in [-0.2, 0) is 6.54 Å². The van der Waals surface area contributed by atoms with Crippen molar-refractivity contribution in [2.24, 2.45) is 0 Å². The average molecular weight is 346 g/mol. The zero-order chi connectivity index (χ0) is 18.5. The van der Waals surface area contributed by atoms with Crippen LogP contribution in [0.1, 0.15) is 27.2 Å². The first-order valence-electron chi connectivity index (χ1n) is 8.50. The summed E-state index contributed by atoms with van der Waals surface area (Å²) < 4.78 is 0. The van der Waals surface area contributed by atoms with Crippen molar-refractivity contribution >= 4 is 17.4 Å². The molecule has 0 aliphatic heterocycles. The van der Waals surface area contributed by atoms with Gasteiger partial charge in [-0.15, -0.1) is 10.2 Å². The molecule has 1 N–H and O–H groups in total. The largest absolute Gasteiger partial charge is 0.339 e. The van der Waals surface area contributed by atoms with Crippen LogP contribution in [0, 0.1) is 13.8 Å². The molecule has 3 rings (SSSR count). The van der Waals surface area contributed by atoms with Gasteiger partial charge in [0, 0.05) is 19.3 Å². The fourth-order valence-electron chi connectivity index (χ4n) is 2.60. The van der Waals surface area contributed by atoms with Crippen LogP contribution in [0.25, 0.3) is 0 Å². The Morgan fingerprint density at radius 2 is 1.73 bits per heavy atom. The van der Waals surface area contributed by atoms with Crippen molar-refractivity contribution in [2.75, 3.05) is 12.4 Å². The monoisotopic (exact) mass is 346 g/mol. The van der Waals surface area contributed by atoms with Crippen LogP contribution in [0.15, 0.2) is 60.7 Å². The summed E-state index contributed by atoms with van der Waals surface area (Å²) in [6.45, 7) is 4.67.